The highest BCUT2D eigenvalue weighted by Crippen LogP contribution is 2.43. The number of carbonyl (C=O) groups is 2. The number of aromatic nitrogens is 1. The minimum Gasteiger partial charge on any atom is -0.496 e. The van der Waals surface area contributed by atoms with Crippen molar-refractivity contribution in [3.63, 3.8) is 0 Å². The first-order chi connectivity index (χ1) is 21.1. The molecule has 240 valence electrons. The van der Waals surface area contributed by atoms with E-state index in [1.807, 2.05) is 17.9 Å². The molecule has 2 atom stereocenters. The van der Waals surface area contributed by atoms with Gasteiger partial charge in [-0.05, 0) is 73.4 Å². The first-order valence-electron chi connectivity index (χ1n) is 14.0. The van der Waals surface area contributed by atoms with Crippen LogP contribution in [0.5, 0.6) is 5.75 Å². The number of amides is 1. The fourth-order valence-electron chi connectivity index (χ4n) is 5.61. The van der Waals surface area contributed by atoms with Gasteiger partial charge in [0.25, 0.3) is 0 Å². The van der Waals surface area contributed by atoms with Crippen molar-refractivity contribution in [2.24, 2.45) is 0 Å². The van der Waals surface area contributed by atoms with Crippen molar-refractivity contribution in [1.82, 2.24) is 9.88 Å². The third-order valence-electron chi connectivity index (χ3n) is 8.00. The zero-order valence-electron chi connectivity index (χ0n) is 24.4. The molecule has 14 heteroatoms. The number of carbonyl (C=O) groups excluding carboxylic acids is 1. The van der Waals surface area contributed by atoms with Crippen LogP contribution in [0.4, 0.5) is 37.0 Å². The summed E-state index contributed by atoms with van der Waals surface area (Å²) < 4.78 is 92.3. The second kappa shape index (κ2) is 11.8. The smallest absolute Gasteiger partial charge is 0.416 e. The van der Waals surface area contributed by atoms with E-state index in [-0.39, 0.29) is 19.0 Å². The molecule has 2 saturated heterocycles. The van der Waals surface area contributed by atoms with Crippen molar-refractivity contribution in [3.05, 3.63) is 76.0 Å². The minimum atomic E-state index is -5.07. The zero-order valence-corrected chi connectivity index (χ0v) is 24.4. The number of ether oxygens (including phenoxy) is 2. The van der Waals surface area contributed by atoms with Gasteiger partial charge in [-0.2, -0.15) is 26.3 Å². The van der Waals surface area contributed by atoms with Gasteiger partial charge in [0, 0.05) is 24.2 Å². The third-order valence-corrected chi connectivity index (χ3v) is 8.00. The zero-order chi connectivity index (χ0) is 32.8. The number of aliphatic carboxylic acids is 1. The van der Waals surface area contributed by atoms with E-state index < -0.39 is 53.3 Å². The summed E-state index contributed by atoms with van der Waals surface area (Å²) in [6.07, 6.45) is -11.8. The number of benzene rings is 2. The van der Waals surface area contributed by atoms with Gasteiger partial charge >= 0.3 is 24.4 Å². The van der Waals surface area contributed by atoms with E-state index in [0.717, 1.165) is 25.1 Å². The van der Waals surface area contributed by atoms with Gasteiger partial charge in [0.1, 0.15) is 17.7 Å². The van der Waals surface area contributed by atoms with Crippen molar-refractivity contribution in [2.75, 3.05) is 25.1 Å². The number of carboxylic acid groups (broad SMARTS) is 1. The summed E-state index contributed by atoms with van der Waals surface area (Å²) in [6.45, 7) is 4.60. The Morgan fingerprint density at radius 2 is 1.69 bits per heavy atom. The number of alkyl halides is 6. The normalized spacial score (nSPS) is 18.6. The Labute approximate surface area is 254 Å². The topological polar surface area (TPSA) is 92.2 Å². The Morgan fingerprint density at radius 3 is 2.22 bits per heavy atom. The van der Waals surface area contributed by atoms with Crippen LogP contribution in [-0.2, 0) is 34.8 Å². The Kier molecular flexibility index (Phi) is 8.36. The summed E-state index contributed by atoms with van der Waals surface area (Å²) in [5.74, 6) is -0.00884. The summed E-state index contributed by atoms with van der Waals surface area (Å²) >= 11 is 0. The molecular formula is C31H29F6N3O5. The lowest BCUT2D eigenvalue weighted by atomic mass is 9.94. The molecule has 2 aliphatic heterocycles. The molecule has 0 saturated carbocycles. The molecule has 5 rings (SSSR count). The molecule has 0 unspecified atom stereocenters. The summed E-state index contributed by atoms with van der Waals surface area (Å²) in [5.41, 5.74) is -0.824. The van der Waals surface area contributed by atoms with Crippen molar-refractivity contribution in [3.8, 4) is 16.9 Å². The number of aryl methyl sites for hydroxylation is 1. The Morgan fingerprint density at radius 1 is 1.04 bits per heavy atom. The largest absolute Gasteiger partial charge is 0.496 e. The van der Waals surface area contributed by atoms with Gasteiger partial charge in [-0.15, -0.1) is 0 Å². The average molecular weight is 638 g/mol. The fraction of sp³-hybridized carbons (Fsp3) is 0.387. The number of halogens is 6. The van der Waals surface area contributed by atoms with Gasteiger partial charge in [-0.1, -0.05) is 6.07 Å². The van der Waals surface area contributed by atoms with E-state index in [9.17, 15) is 41.0 Å². The monoisotopic (exact) mass is 637 g/mol. The van der Waals surface area contributed by atoms with E-state index in [0.29, 0.717) is 46.1 Å². The molecule has 1 amide bonds. The molecule has 0 aliphatic carbocycles. The number of hydrogen-bond acceptors (Lipinski definition) is 6. The van der Waals surface area contributed by atoms with Crippen molar-refractivity contribution < 1.29 is 50.5 Å². The number of nitrogens with zero attached hydrogens (tertiary/aromatic N) is 3. The lowest BCUT2D eigenvalue weighted by molar-refractivity contribution is -0.143. The molecule has 1 aromatic heterocycles. The highest BCUT2D eigenvalue weighted by Gasteiger charge is 2.44. The molecule has 2 aliphatic rings. The second-order valence-corrected chi connectivity index (χ2v) is 11.1. The van der Waals surface area contributed by atoms with Crippen LogP contribution in [0.3, 0.4) is 0 Å². The first-order valence-corrected chi connectivity index (χ1v) is 14.0. The van der Waals surface area contributed by atoms with Gasteiger partial charge in [0.15, 0.2) is 0 Å². The van der Waals surface area contributed by atoms with Crippen LogP contribution in [-0.4, -0.2) is 53.3 Å². The van der Waals surface area contributed by atoms with Gasteiger partial charge < -0.3 is 19.5 Å². The quantitative estimate of drug-likeness (QED) is 0.266. The number of hydrogen-bond donors (Lipinski definition) is 1. The lowest BCUT2D eigenvalue weighted by Gasteiger charge is -2.33. The van der Waals surface area contributed by atoms with Gasteiger partial charge in [0.05, 0.1) is 42.9 Å². The molecule has 3 aromatic rings. The molecule has 8 nitrogen and oxygen atoms in total. The van der Waals surface area contributed by atoms with Crippen molar-refractivity contribution in [1.29, 1.82) is 0 Å². The predicted octanol–water partition coefficient (Wildman–Crippen LogP) is 7.02. The Hall–Kier alpha value is -4.49. The number of anilines is 1. The van der Waals surface area contributed by atoms with E-state index in [4.69, 9.17) is 14.5 Å². The second-order valence-electron chi connectivity index (χ2n) is 11.1. The van der Waals surface area contributed by atoms with E-state index >= 15 is 0 Å². The SMILES string of the molecule is COc1ccc(CC(=O)O)cc1-c1c(C)cc(N2CCC2)nc1CN1C(=O)O[C@H](c2cc(C(F)(F)F)cc(C(F)(F)F)c2)[C@@H]1C. The van der Waals surface area contributed by atoms with Crippen LogP contribution in [0.2, 0.25) is 0 Å². The molecule has 0 radical (unpaired) electrons. The van der Waals surface area contributed by atoms with Crippen LogP contribution in [0.1, 0.15) is 53.0 Å². The molecule has 45 heavy (non-hydrogen) atoms. The van der Waals surface area contributed by atoms with Crippen LogP contribution in [0, 0.1) is 6.92 Å². The highest BCUT2D eigenvalue weighted by molar-refractivity contribution is 5.80. The number of carboxylic acids is 1. The molecule has 0 bridgehead atoms. The Balaban J connectivity index is 1.57. The molecule has 3 heterocycles. The third kappa shape index (κ3) is 6.50. The maximum atomic E-state index is 13.6. The average Bonchev–Trinajstić information content (AvgIpc) is 3.19. The number of cyclic esters (lactones) is 1. The maximum Gasteiger partial charge on any atom is 0.416 e. The summed E-state index contributed by atoms with van der Waals surface area (Å²) in [6, 6.07) is 6.90. The number of pyridine rings is 1. The molecular weight excluding hydrogens is 608 g/mol. The molecule has 0 spiro atoms. The van der Waals surface area contributed by atoms with Crippen molar-refractivity contribution in [2.45, 2.75) is 57.7 Å². The van der Waals surface area contributed by atoms with E-state index in [1.54, 1.807) is 18.2 Å². The van der Waals surface area contributed by atoms with Crippen LogP contribution < -0.4 is 9.64 Å². The van der Waals surface area contributed by atoms with Crippen LogP contribution in [0.25, 0.3) is 11.1 Å². The summed E-state index contributed by atoms with van der Waals surface area (Å²) in [7, 11) is 1.45. The molecule has 1 N–H and O–H groups in total. The van der Waals surface area contributed by atoms with E-state index in [1.165, 1.54) is 18.9 Å². The van der Waals surface area contributed by atoms with Gasteiger partial charge in [-0.3, -0.25) is 9.69 Å². The van der Waals surface area contributed by atoms with Gasteiger partial charge in [0.2, 0.25) is 0 Å². The molecule has 2 aromatic carbocycles. The van der Waals surface area contributed by atoms with Crippen LogP contribution >= 0.6 is 0 Å². The number of rotatable bonds is 8. The fourth-order valence-corrected chi connectivity index (χ4v) is 5.61. The van der Waals surface area contributed by atoms with Crippen molar-refractivity contribution >= 4 is 17.9 Å². The minimum absolute atomic E-state index is 0.0226. The lowest BCUT2D eigenvalue weighted by Crippen LogP contribution is -2.38. The van der Waals surface area contributed by atoms with E-state index in [2.05, 4.69) is 0 Å². The summed E-state index contributed by atoms with van der Waals surface area (Å²) in [4.78, 5) is 32.7. The predicted molar refractivity (Wildman–Crippen MR) is 150 cm³/mol. The maximum absolute atomic E-state index is 13.6. The van der Waals surface area contributed by atoms with Crippen LogP contribution in [0.15, 0.2) is 42.5 Å². The highest BCUT2D eigenvalue weighted by atomic mass is 19.4. The number of methoxy groups -OCH3 is 1. The summed E-state index contributed by atoms with van der Waals surface area (Å²) in [5, 5.41) is 9.35. The first kappa shape index (κ1) is 31.9. The standard InChI is InChI=1S/C31H29F6N3O5/c1-16-9-25(39-7-4-8-39)38-23(27(16)22-10-18(11-26(41)42)5-6-24(22)44-3)15-40-17(2)28(45-29(40)43)19-12-20(30(32,33)34)14-21(13-19)31(35,36)37/h5-6,9-10,12-14,17,28H,4,7-8,11,15H2,1-3H3,(H,41,42)/t17-,28-/m0/s1. The Bertz CT molecular complexity index is 1600. The molecule has 2 fully saturated rings. The van der Waals surface area contributed by atoms with Gasteiger partial charge in [-0.25, -0.2) is 9.78 Å².